The van der Waals surface area contributed by atoms with Gasteiger partial charge in [-0.3, -0.25) is 0 Å². The number of rotatable bonds is 6. The largest absolute Gasteiger partial charge is 0.616 e. The van der Waals surface area contributed by atoms with Crippen LogP contribution in [0, 0.1) is 0 Å². The lowest BCUT2D eigenvalue weighted by Crippen LogP contribution is -2.45. The maximum atomic E-state index is 11.8. The average Bonchev–Trinajstić information content (AvgIpc) is 2.74. The van der Waals surface area contributed by atoms with Gasteiger partial charge >= 0.3 is 0 Å². The number of nitrogens with zero attached hydrogens (tertiary/aromatic N) is 6. The third kappa shape index (κ3) is 4.23. The molecule has 0 radical (unpaired) electrons. The van der Waals surface area contributed by atoms with E-state index in [-0.39, 0.29) is 0 Å². The molecule has 2 fully saturated rings. The maximum absolute atomic E-state index is 11.8. The van der Waals surface area contributed by atoms with E-state index in [2.05, 4.69) is 37.3 Å². The van der Waals surface area contributed by atoms with Crippen molar-refractivity contribution in [1.82, 2.24) is 25.3 Å². The molecule has 4 heterocycles. The fourth-order valence-corrected chi connectivity index (χ4v) is 4.56. The Morgan fingerprint density at radius 2 is 1.86 bits per heavy atom. The first-order valence-corrected chi connectivity index (χ1v) is 11.6. The normalized spacial score (nSPS) is 18.6. The predicted molar refractivity (Wildman–Crippen MR) is 114 cm³/mol. The zero-order valence-electron chi connectivity index (χ0n) is 16.4. The van der Waals surface area contributed by atoms with Crippen LogP contribution in [0.1, 0.15) is 19.8 Å². The predicted octanol–water partition coefficient (Wildman–Crippen LogP) is 0.610. The van der Waals surface area contributed by atoms with Crippen LogP contribution < -0.4 is 20.4 Å². The number of fused-ring (bicyclic) bond motifs is 1. The molecule has 9 nitrogen and oxygen atoms in total. The van der Waals surface area contributed by atoms with Crippen molar-refractivity contribution >= 4 is 39.8 Å². The quantitative estimate of drug-likeness (QED) is 0.529. The third-order valence-corrected chi connectivity index (χ3v) is 6.43. The van der Waals surface area contributed by atoms with E-state index < -0.39 is 11.2 Å². The topological polar surface area (TPSA) is 105 Å². The molecule has 2 aliphatic heterocycles. The Labute approximate surface area is 168 Å². The van der Waals surface area contributed by atoms with E-state index >= 15 is 0 Å². The molecule has 0 amide bonds. The second-order valence-corrected chi connectivity index (χ2v) is 8.82. The zero-order chi connectivity index (χ0) is 19.3. The number of anilines is 3. The maximum Gasteiger partial charge on any atom is 0.228 e. The second kappa shape index (κ2) is 9.06. The lowest BCUT2D eigenvalue weighted by atomic mass is 10.3. The van der Waals surface area contributed by atoms with Crippen LogP contribution in [0.15, 0.2) is 6.33 Å². The fourth-order valence-electron chi connectivity index (χ4n) is 3.51. The van der Waals surface area contributed by atoms with Gasteiger partial charge in [-0.2, -0.15) is 4.98 Å². The van der Waals surface area contributed by atoms with Gasteiger partial charge in [-0.1, -0.05) is 24.5 Å². The van der Waals surface area contributed by atoms with Gasteiger partial charge in [0.2, 0.25) is 5.95 Å². The van der Waals surface area contributed by atoms with Crippen LogP contribution >= 0.6 is 0 Å². The van der Waals surface area contributed by atoms with Gasteiger partial charge in [0.25, 0.3) is 0 Å². The molecular weight excluding hydrogens is 376 g/mol. The summed E-state index contributed by atoms with van der Waals surface area (Å²) in [7, 11) is 0. The molecule has 0 aromatic carbocycles. The molecule has 152 valence electrons. The van der Waals surface area contributed by atoms with Gasteiger partial charge in [0, 0.05) is 32.7 Å². The van der Waals surface area contributed by atoms with Crippen LogP contribution in [0.4, 0.5) is 17.6 Å². The number of hydrogen-bond donors (Lipinski definition) is 2. The average molecular weight is 405 g/mol. The minimum absolute atomic E-state index is 0.668. The van der Waals surface area contributed by atoms with Crippen LogP contribution in [0.3, 0.4) is 0 Å². The zero-order valence-corrected chi connectivity index (χ0v) is 17.2. The van der Waals surface area contributed by atoms with Crippen LogP contribution in [-0.4, -0.2) is 81.8 Å². The SMILES string of the molecule is CCCCNc1ncnc2c(N3CC[S+]([O-])CC3)nc(N3CCNCC3)nc12. The fraction of sp³-hybridized carbons (Fsp3) is 0.667. The summed E-state index contributed by atoms with van der Waals surface area (Å²) < 4.78 is 11.8. The molecule has 28 heavy (non-hydrogen) atoms. The Bertz CT molecular complexity index is 792. The first kappa shape index (κ1) is 19.4. The first-order valence-electron chi connectivity index (χ1n) is 10.1. The smallest absolute Gasteiger partial charge is 0.228 e. The monoisotopic (exact) mass is 404 g/mol. The molecule has 2 N–H and O–H groups in total. The van der Waals surface area contributed by atoms with E-state index in [0.717, 1.165) is 87.3 Å². The van der Waals surface area contributed by atoms with Crippen molar-refractivity contribution in [2.75, 3.05) is 72.4 Å². The van der Waals surface area contributed by atoms with Crippen LogP contribution in [0.5, 0.6) is 0 Å². The van der Waals surface area contributed by atoms with Crippen molar-refractivity contribution < 1.29 is 4.55 Å². The summed E-state index contributed by atoms with van der Waals surface area (Å²) in [5.41, 5.74) is 1.53. The third-order valence-electron chi connectivity index (χ3n) is 5.15. The molecule has 0 bridgehead atoms. The Morgan fingerprint density at radius 3 is 2.61 bits per heavy atom. The lowest BCUT2D eigenvalue weighted by molar-refractivity contribution is 0.578. The number of unbranched alkanes of at least 4 members (excludes halogenated alkanes) is 1. The number of hydrogen-bond acceptors (Lipinski definition) is 9. The van der Waals surface area contributed by atoms with Crippen molar-refractivity contribution in [2.45, 2.75) is 19.8 Å². The standard InChI is InChI=1S/C18H28N8OS/c1-2-3-4-20-16-14-15(21-13-22-16)17(25-9-11-28(27)12-10-25)24-18(23-14)26-7-5-19-6-8-26/h13,19H,2-12H2,1H3,(H,20,21,22). The van der Waals surface area contributed by atoms with E-state index in [9.17, 15) is 4.55 Å². The molecule has 0 saturated carbocycles. The van der Waals surface area contributed by atoms with Gasteiger partial charge in [0.15, 0.2) is 11.6 Å². The Morgan fingerprint density at radius 1 is 1.07 bits per heavy atom. The molecule has 0 aliphatic carbocycles. The van der Waals surface area contributed by atoms with E-state index in [1.807, 2.05) is 0 Å². The molecule has 0 spiro atoms. The summed E-state index contributed by atoms with van der Waals surface area (Å²) in [5, 5.41) is 6.79. The van der Waals surface area contributed by atoms with E-state index in [1.54, 1.807) is 6.33 Å². The van der Waals surface area contributed by atoms with E-state index in [0.29, 0.717) is 11.5 Å². The molecule has 0 atom stereocenters. The van der Waals surface area contributed by atoms with Gasteiger partial charge in [-0.25, -0.2) is 15.0 Å². The highest BCUT2D eigenvalue weighted by molar-refractivity contribution is 7.91. The minimum atomic E-state index is -0.737. The molecule has 2 aliphatic rings. The molecule has 2 aromatic heterocycles. The molecule has 2 saturated heterocycles. The molecule has 4 rings (SSSR count). The Kier molecular flexibility index (Phi) is 6.28. The summed E-state index contributed by atoms with van der Waals surface area (Å²) in [6.07, 6.45) is 3.77. The van der Waals surface area contributed by atoms with E-state index in [4.69, 9.17) is 9.97 Å². The summed E-state index contributed by atoms with van der Waals surface area (Å²) >= 11 is -0.737. The van der Waals surface area contributed by atoms with Crippen LogP contribution in [-0.2, 0) is 11.2 Å². The number of piperazine rings is 1. The van der Waals surface area contributed by atoms with Crippen molar-refractivity contribution in [1.29, 1.82) is 0 Å². The Hall–Kier alpha value is -1.91. The number of aromatic nitrogens is 4. The van der Waals surface area contributed by atoms with Gasteiger partial charge in [-0.15, -0.1) is 0 Å². The van der Waals surface area contributed by atoms with Crippen molar-refractivity contribution in [2.24, 2.45) is 0 Å². The molecular formula is C18H28N8OS. The van der Waals surface area contributed by atoms with Gasteiger partial charge in [0.1, 0.15) is 28.9 Å². The summed E-state index contributed by atoms with van der Waals surface area (Å²) in [5.74, 6) is 3.65. The van der Waals surface area contributed by atoms with Crippen molar-refractivity contribution in [3.8, 4) is 0 Å². The number of nitrogens with one attached hydrogen (secondary N) is 2. The van der Waals surface area contributed by atoms with E-state index in [1.165, 1.54) is 0 Å². The highest BCUT2D eigenvalue weighted by atomic mass is 32.2. The van der Waals surface area contributed by atoms with Gasteiger partial charge < -0.3 is 25.0 Å². The summed E-state index contributed by atoms with van der Waals surface area (Å²) in [4.78, 5) is 23.2. The first-order chi connectivity index (χ1) is 13.8. The highest BCUT2D eigenvalue weighted by Crippen LogP contribution is 2.29. The van der Waals surface area contributed by atoms with Gasteiger partial charge in [0.05, 0.1) is 13.1 Å². The molecule has 10 heteroatoms. The second-order valence-electron chi connectivity index (χ2n) is 7.12. The molecule has 0 unspecified atom stereocenters. The Balaban J connectivity index is 1.75. The lowest BCUT2D eigenvalue weighted by Gasteiger charge is -2.32. The van der Waals surface area contributed by atoms with Crippen molar-refractivity contribution in [3.05, 3.63) is 6.33 Å². The van der Waals surface area contributed by atoms with Gasteiger partial charge in [-0.05, 0) is 6.42 Å². The molecule has 2 aromatic rings. The highest BCUT2D eigenvalue weighted by Gasteiger charge is 2.26. The summed E-state index contributed by atoms with van der Waals surface area (Å²) in [6, 6.07) is 0. The summed E-state index contributed by atoms with van der Waals surface area (Å²) in [6.45, 7) is 8.07. The van der Waals surface area contributed by atoms with Crippen LogP contribution in [0.25, 0.3) is 11.0 Å². The van der Waals surface area contributed by atoms with Crippen LogP contribution in [0.2, 0.25) is 0 Å². The van der Waals surface area contributed by atoms with Crippen molar-refractivity contribution in [3.63, 3.8) is 0 Å². The minimum Gasteiger partial charge on any atom is -0.616 e.